The van der Waals surface area contributed by atoms with E-state index in [1.54, 1.807) is 0 Å². The highest BCUT2D eigenvalue weighted by atomic mass is 16.3. The Morgan fingerprint density at radius 2 is 0.940 bits per heavy atom. The van der Waals surface area contributed by atoms with Crippen LogP contribution in [0.2, 0.25) is 0 Å². The SMILES string of the molecule is c1ccc(-c2nc(-c3ccc4oc5ccccc5c4c3)nc(-c3cccc4c3-c3ccccc3C4(c3ccccc3)c3ccccc3)n2)cc1. The molecule has 0 saturated heterocycles. The predicted molar refractivity (Wildman–Crippen MR) is 201 cm³/mol. The zero-order valence-electron chi connectivity index (χ0n) is 27.0. The van der Waals surface area contributed by atoms with Crippen LogP contribution in [-0.4, -0.2) is 15.0 Å². The number of benzene rings is 7. The lowest BCUT2D eigenvalue weighted by Crippen LogP contribution is -2.28. The smallest absolute Gasteiger partial charge is 0.164 e. The Labute approximate surface area is 289 Å². The van der Waals surface area contributed by atoms with Crippen LogP contribution in [0.15, 0.2) is 180 Å². The minimum atomic E-state index is -0.518. The van der Waals surface area contributed by atoms with Crippen molar-refractivity contribution in [3.8, 4) is 45.3 Å². The minimum Gasteiger partial charge on any atom is -0.456 e. The number of aromatic nitrogens is 3. The van der Waals surface area contributed by atoms with Crippen molar-refractivity contribution in [2.75, 3.05) is 0 Å². The lowest BCUT2D eigenvalue weighted by atomic mass is 9.67. The number of para-hydroxylation sites is 1. The third kappa shape index (κ3) is 4.22. The summed E-state index contributed by atoms with van der Waals surface area (Å²) < 4.78 is 6.15. The van der Waals surface area contributed by atoms with Gasteiger partial charge in [0.1, 0.15) is 11.2 Å². The fourth-order valence-electron chi connectivity index (χ4n) is 7.89. The van der Waals surface area contributed by atoms with Gasteiger partial charge in [-0.15, -0.1) is 0 Å². The number of fused-ring (bicyclic) bond motifs is 6. The molecule has 1 aliphatic carbocycles. The first-order chi connectivity index (χ1) is 24.8. The third-order valence-corrected chi connectivity index (χ3v) is 10.0. The molecule has 0 fully saturated rings. The molecule has 0 amide bonds. The van der Waals surface area contributed by atoms with Gasteiger partial charge in [0.05, 0.1) is 5.41 Å². The van der Waals surface area contributed by atoms with E-state index in [0.29, 0.717) is 17.5 Å². The quantitative estimate of drug-likeness (QED) is 0.188. The van der Waals surface area contributed by atoms with Crippen LogP contribution in [0.4, 0.5) is 0 Å². The predicted octanol–water partition coefficient (Wildman–Crippen LogP) is 11.1. The molecule has 0 saturated carbocycles. The molecule has 234 valence electrons. The van der Waals surface area contributed by atoms with Gasteiger partial charge in [0.15, 0.2) is 17.5 Å². The highest BCUT2D eigenvalue weighted by Gasteiger charge is 2.47. The molecule has 0 aliphatic heterocycles. The summed E-state index contributed by atoms with van der Waals surface area (Å²) in [5.41, 5.74) is 11.2. The van der Waals surface area contributed by atoms with Crippen molar-refractivity contribution >= 4 is 21.9 Å². The number of hydrogen-bond acceptors (Lipinski definition) is 4. The van der Waals surface area contributed by atoms with Crippen LogP contribution in [0.1, 0.15) is 22.3 Å². The van der Waals surface area contributed by atoms with Crippen LogP contribution >= 0.6 is 0 Å². The maximum atomic E-state index is 6.15. The molecule has 50 heavy (non-hydrogen) atoms. The molecule has 9 aromatic rings. The van der Waals surface area contributed by atoms with E-state index < -0.39 is 5.41 Å². The maximum Gasteiger partial charge on any atom is 0.164 e. The number of nitrogens with zero attached hydrogens (tertiary/aromatic N) is 3. The second-order valence-corrected chi connectivity index (χ2v) is 12.7. The Hall–Kier alpha value is -6.65. The van der Waals surface area contributed by atoms with Gasteiger partial charge in [-0.3, -0.25) is 0 Å². The van der Waals surface area contributed by atoms with Crippen LogP contribution in [0.3, 0.4) is 0 Å². The average molecular weight is 640 g/mol. The number of rotatable bonds is 5. The third-order valence-electron chi connectivity index (χ3n) is 10.0. The highest BCUT2D eigenvalue weighted by Crippen LogP contribution is 2.58. The molecule has 0 N–H and O–H groups in total. The maximum absolute atomic E-state index is 6.15. The lowest BCUT2D eigenvalue weighted by Gasteiger charge is -2.33. The van der Waals surface area contributed by atoms with E-state index in [4.69, 9.17) is 19.4 Å². The number of furan rings is 1. The molecule has 0 bridgehead atoms. The van der Waals surface area contributed by atoms with E-state index in [-0.39, 0.29) is 0 Å². The van der Waals surface area contributed by atoms with E-state index in [2.05, 4.69) is 127 Å². The average Bonchev–Trinajstić information content (AvgIpc) is 3.72. The van der Waals surface area contributed by atoms with Crippen molar-refractivity contribution in [1.29, 1.82) is 0 Å². The van der Waals surface area contributed by atoms with Crippen LogP contribution in [-0.2, 0) is 5.41 Å². The van der Waals surface area contributed by atoms with Gasteiger partial charge in [0.25, 0.3) is 0 Å². The van der Waals surface area contributed by atoms with Gasteiger partial charge in [-0.1, -0.05) is 152 Å². The summed E-state index contributed by atoms with van der Waals surface area (Å²) in [6, 6.07) is 61.5. The first-order valence-electron chi connectivity index (χ1n) is 16.9. The summed E-state index contributed by atoms with van der Waals surface area (Å²) in [5, 5.41) is 2.10. The van der Waals surface area contributed by atoms with E-state index in [1.807, 2.05) is 48.5 Å². The van der Waals surface area contributed by atoms with E-state index in [9.17, 15) is 0 Å². The molecule has 4 heteroatoms. The summed E-state index contributed by atoms with van der Waals surface area (Å²) in [5.74, 6) is 1.88. The van der Waals surface area contributed by atoms with Crippen LogP contribution in [0, 0.1) is 0 Å². The minimum absolute atomic E-state index is 0.518. The van der Waals surface area contributed by atoms with Gasteiger partial charge >= 0.3 is 0 Å². The molecule has 2 heterocycles. The summed E-state index contributed by atoms with van der Waals surface area (Å²) in [6.45, 7) is 0. The van der Waals surface area contributed by atoms with Gasteiger partial charge in [-0.2, -0.15) is 0 Å². The molecule has 7 aromatic carbocycles. The summed E-state index contributed by atoms with van der Waals surface area (Å²) in [4.78, 5) is 15.5. The molecular formula is C46H29N3O. The zero-order chi connectivity index (χ0) is 33.1. The topological polar surface area (TPSA) is 51.8 Å². The molecule has 4 nitrogen and oxygen atoms in total. The zero-order valence-corrected chi connectivity index (χ0v) is 27.0. The van der Waals surface area contributed by atoms with E-state index in [0.717, 1.165) is 44.2 Å². The first-order valence-corrected chi connectivity index (χ1v) is 16.9. The molecule has 10 rings (SSSR count). The molecular weight excluding hydrogens is 611 g/mol. The highest BCUT2D eigenvalue weighted by molar-refractivity contribution is 6.06. The van der Waals surface area contributed by atoms with Crippen LogP contribution in [0.5, 0.6) is 0 Å². The fraction of sp³-hybridized carbons (Fsp3) is 0.0217. The largest absolute Gasteiger partial charge is 0.456 e. The summed E-state index contributed by atoms with van der Waals surface area (Å²) in [7, 11) is 0. The van der Waals surface area contributed by atoms with Gasteiger partial charge in [0.2, 0.25) is 0 Å². The Bertz CT molecular complexity index is 2660. The van der Waals surface area contributed by atoms with Crippen molar-refractivity contribution < 1.29 is 4.42 Å². The molecule has 0 atom stereocenters. The Morgan fingerprint density at radius 3 is 1.70 bits per heavy atom. The van der Waals surface area contributed by atoms with Crippen molar-refractivity contribution in [2.24, 2.45) is 0 Å². The van der Waals surface area contributed by atoms with Crippen molar-refractivity contribution in [2.45, 2.75) is 5.41 Å². The standard InChI is InChI=1S/C46H29N3O/c1-4-15-30(16-5-1)43-47-44(31-27-28-41-37(29-31)34-21-11-13-26-40(34)50-41)49-45(48-43)36-23-14-25-39-42(36)35-22-10-12-24-38(35)46(39,32-17-6-2-7-18-32)33-19-8-3-9-20-33/h1-29H. The molecule has 0 spiro atoms. The van der Waals surface area contributed by atoms with E-state index in [1.165, 1.54) is 27.8 Å². The molecule has 0 unspecified atom stereocenters. The van der Waals surface area contributed by atoms with Crippen molar-refractivity contribution in [1.82, 2.24) is 15.0 Å². The van der Waals surface area contributed by atoms with Gasteiger partial charge in [0, 0.05) is 27.5 Å². The van der Waals surface area contributed by atoms with Gasteiger partial charge < -0.3 is 4.42 Å². The second kappa shape index (κ2) is 11.2. The number of hydrogen-bond donors (Lipinski definition) is 0. The summed E-state index contributed by atoms with van der Waals surface area (Å²) in [6.07, 6.45) is 0. The summed E-state index contributed by atoms with van der Waals surface area (Å²) >= 11 is 0. The van der Waals surface area contributed by atoms with Crippen LogP contribution < -0.4 is 0 Å². The first kappa shape index (κ1) is 28.4. The Balaban J connectivity index is 1.26. The molecule has 1 aliphatic rings. The molecule has 0 radical (unpaired) electrons. The lowest BCUT2D eigenvalue weighted by molar-refractivity contribution is 0.669. The Kier molecular flexibility index (Phi) is 6.36. The van der Waals surface area contributed by atoms with Crippen molar-refractivity contribution in [3.05, 3.63) is 198 Å². The van der Waals surface area contributed by atoms with Gasteiger partial charge in [-0.05, 0) is 57.6 Å². The fourth-order valence-corrected chi connectivity index (χ4v) is 7.89. The van der Waals surface area contributed by atoms with Crippen LogP contribution in [0.25, 0.3) is 67.2 Å². The second-order valence-electron chi connectivity index (χ2n) is 12.7. The van der Waals surface area contributed by atoms with Gasteiger partial charge in [-0.25, -0.2) is 15.0 Å². The monoisotopic (exact) mass is 639 g/mol. The van der Waals surface area contributed by atoms with E-state index >= 15 is 0 Å². The Morgan fingerprint density at radius 1 is 0.380 bits per heavy atom. The normalized spacial score (nSPS) is 13.0. The molecule has 2 aromatic heterocycles. The van der Waals surface area contributed by atoms with Crippen molar-refractivity contribution in [3.63, 3.8) is 0 Å².